The highest BCUT2D eigenvalue weighted by molar-refractivity contribution is 7.83. The van der Waals surface area contributed by atoms with Crippen molar-refractivity contribution >= 4 is 30.5 Å². The first-order chi connectivity index (χ1) is 15.6. The molecule has 0 aromatic carbocycles. The summed E-state index contributed by atoms with van der Waals surface area (Å²) in [5.41, 5.74) is 5.38. The SMILES string of the molecule is C[C@@H]1CCC(=O)N(C[C@@H](N)CC(=O)N2CCc3c(nc(/C=C/C=C\S)nc3C(F)(F)F)C2)C1. The highest BCUT2D eigenvalue weighted by Gasteiger charge is 2.39. The van der Waals surface area contributed by atoms with Crippen molar-refractivity contribution in [2.45, 2.75) is 51.4 Å². The van der Waals surface area contributed by atoms with Crippen molar-refractivity contribution in [1.82, 2.24) is 19.8 Å². The lowest BCUT2D eigenvalue weighted by Crippen LogP contribution is -2.48. The average molecular weight is 484 g/mol. The number of piperidine rings is 1. The molecule has 0 unspecified atom stereocenters. The van der Waals surface area contributed by atoms with Crippen LogP contribution in [0, 0.1) is 5.92 Å². The Morgan fingerprint density at radius 1 is 1.30 bits per heavy atom. The van der Waals surface area contributed by atoms with Crippen molar-refractivity contribution in [3.63, 3.8) is 0 Å². The number of halogens is 3. The molecule has 1 saturated heterocycles. The topological polar surface area (TPSA) is 92.4 Å². The molecule has 2 amide bonds. The predicted octanol–water partition coefficient (Wildman–Crippen LogP) is 2.81. The lowest BCUT2D eigenvalue weighted by molar-refractivity contribution is -0.142. The van der Waals surface area contributed by atoms with Crippen molar-refractivity contribution in [3.05, 3.63) is 40.3 Å². The van der Waals surface area contributed by atoms with Gasteiger partial charge >= 0.3 is 6.18 Å². The van der Waals surface area contributed by atoms with Crippen molar-refractivity contribution in [2.24, 2.45) is 11.7 Å². The zero-order valence-corrected chi connectivity index (χ0v) is 19.3. The minimum atomic E-state index is -4.62. The third-order valence-corrected chi connectivity index (χ3v) is 5.95. The molecule has 3 heterocycles. The van der Waals surface area contributed by atoms with Gasteiger partial charge in [-0.05, 0) is 30.2 Å². The Morgan fingerprint density at radius 3 is 2.76 bits per heavy atom. The van der Waals surface area contributed by atoms with Crippen LogP contribution in [0.15, 0.2) is 17.6 Å². The summed E-state index contributed by atoms with van der Waals surface area (Å²) in [5, 5.41) is 1.43. The fourth-order valence-corrected chi connectivity index (χ4v) is 4.24. The quantitative estimate of drug-likeness (QED) is 0.480. The number of alkyl halides is 3. The summed E-state index contributed by atoms with van der Waals surface area (Å²) in [6.07, 6.45) is 1.09. The number of allylic oxidation sites excluding steroid dienone is 2. The molecule has 0 saturated carbocycles. The van der Waals surface area contributed by atoms with E-state index in [1.165, 1.54) is 28.5 Å². The highest BCUT2D eigenvalue weighted by atomic mass is 32.1. The van der Waals surface area contributed by atoms with Gasteiger partial charge in [-0.1, -0.05) is 19.1 Å². The van der Waals surface area contributed by atoms with Crippen LogP contribution in [0.2, 0.25) is 0 Å². The van der Waals surface area contributed by atoms with Gasteiger partial charge in [-0.25, -0.2) is 9.97 Å². The normalized spacial score (nSPS) is 20.5. The molecule has 180 valence electrons. The maximum atomic E-state index is 13.6. The monoisotopic (exact) mass is 483 g/mol. The number of carbonyl (C=O) groups is 2. The average Bonchev–Trinajstić information content (AvgIpc) is 2.74. The first kappa shape index (κ1) is 25.2. The van der Waals surface area contributed by atoms with Crippen LogP contribution in [0.25, 0.3) is 6.08 Å². The fourth-order valence-electron chi connectivity index (χ4n) is 4.14. The van der Waals surface area contributed by atoms with Gasteiger partial charge in [0.2, 0.25) is 11.8 Å². The molecule has 2 aliphatic rings. The zero-order chi connectivity index (χ0) is 24.2. The molecule has 1 aromatic rings. The Morgan fingerprint density at radius 2 is 2.06 bits per heavy atom. The fraction of sp³-hybridized carbons (Fsp3) is 0.545. The molecule has 2 aliphatic heterocycles. The van der Waals surface area contributed by atoms with E-state index in [-0.39, 0.29) is 61.4 Å². The summed E-state index contributed by atoms with van der Waals surface area (Å²) in [5.74, 6) is 0.0648. The number of hydrogen-bond acceptors (Lipinski definition) is 6. The maximum absolute atomic E-state index is 13.6. The van der Waals surface area contributed by atoms with E-state index in [0.717, 1.165) is 6.42 Å². The van der Waals surface area contributed by atoms with Crippen LogP contribution in [-0.4, -0.2) is 57.3 Å². The van der Waals surface area contributed by atoms with Crippen molar-refractivity contribution < 1.29 is 22.8 Å². The van der Waals surface area contributed by atoms with Crippen LogP contribution >= 0.6 is 12.6 Å². The summed E-state index contributed by atoms with van der Waals surface area (Å²) in [4.78, 5) is 36.0. The Hall–Kier alpha value is -2.40. The minimum Gasteiger partial charge on any atom is -0.341 e. The van der Waals surface area contributed by atoms with Crippen molar-refractivity contribution in [3.8, 4) is 0 Å². The number of aromatic nitrogens is 2. The Kier molecular flexibility index (Phi) is 8.17. The van der Waals surface area contributed by atoms with E-state index in [0.29, 0.717) is 18.9 Å². The van der Waals surface area contributed by atoms with E-state index < -0.39 is 17.9 Å². The zero-order valence-electron chi connectivity index (χ0n) is 18.4. The number of hydrogen-bond donors (Lipinski definition) is 2. The lowest BCUT2D eigenvalue weighted by Gasteiger charge is -2.34. The Balaban J connectivity index is 1.71. The number of carbonyl (C=O) groups excluding carboxylic acids is 2. The Labute approximate surface area is 196 Å². The molecule has 2 atom stereocenters. The molecule has 0 radical (unpaired) electrons. The second kappa shape index (κ2) is 10.7. The van der Waals surface area contributed by atoms with Crippen LogP contribution in [0.4, 0.5) is 13.2 Å². The molecule has 1 aromatic heterocycles. The van der Waals surface area contributed by atoms with Gasteiger partial charge in [0.15, 0.2) is 11.5 Å². The first-order valence-electron chi connectivity index (χ1n) is 10.8. The standard InChI is InChI=1S/C22H28F3N5O2S/c1-14-5-6-19(31)30(11-14)12-15(26)10-20(32)29-8-7-16-17(13-29)27-18(4-2-3-9-33)28-21(16)22(23,24)25/h2-4,9,14-15,33H,5-8,10-13,26H2,1H3/b4-2+,9-3-/t14-,15+/m1/s1. The number of likely N-dealkylation sites (tertiary alicyclic amines) is 1. The van der Waals surface area contributed by atoms with Gasteiger partial charge in [0.1, 0.15) is 0 Å². The van der Waals surface area contributed by atoms with Gasteiger partial charge < -0.3 is 15.5 Å². The van der Waals surface area contributed by atoms with Gasteiger partial charge in [-0.3, -0.25) is 9.59 Å². The number of nitrogens with two attached hydrogens (primary N) is 1. The van der Waals surface area contributed by atoms with E-state index in [4.69, 9.17) is 5.73 Å². The lowest BCUT2D eigenvalue weighted by atomic mass is 9.98. The Bertz CT molecular complexity index is 951. The second-order valence-corrected chi connectivity index (χ2v) is 8.82. The molecule has 0 aliphatic carbocycles. The van der Waals surface area contributed by atoms with E-state index >= 15 is 0 Å². The number of rotatable bonds is 6. The van der Waals surface area contributed by atoms with E-state index in [1.54, 1.807) is 4.90 Å². The van der Waals surface area contributed by atoms with Gasteiger partial charge in [-0.2, -0.15) is 25.8 Å². The molecule has 7 nitrogen and oxygen atoms in total. The van der Waals surface area contributed by atoms with Gasteiger partial charge in [0.25, 0.3) is 0 Å². The number of fused-ring (bicyclic) bond motifs is 1. The van der Waals surface area contributed by atoms with Crippen molar-refractivity contribution in [1.29, 1.82) is 0 Å². The molecule has 0 spiro atoms. The second-order valence-electron chi connectivity index (χ2n) is 8.53. The smallest absolute Gasteiger partial charge is 0.341 e. The van der Waals surface area contributed by atoms with E-state index in [1.807, 2.05) is 0 Å². The molecule has 3 rings (SSSR count). The third-order valence-electron chi connectivity index (χ3n) is 5.77. The summed E-state index contributed by atoms with van der Waals surface area (Å²) in [6.45, 7) is 3.05. The van der Waals surface area contributed by atoms with Crippen LogP contribution in [-0.2, 0) is 28.7 Å². The molecule has 1 fully saturated rings. The maximum Gasteiger partial charge on any atom is 0.433 e. The van der Waals surface area contributed by atoms with Gasteiger partial charge in [0, 0.05) is 44.1 Å². The van der Waals surface area contributed by atoms with Crippen molar-refractivity contribution in [2.75, 3.05) is 19.6 Å². The molecule has 33 heavy (non-hydrogen) atoms. The third kappa shape index (κ3) is 6.57. The number of nitrogens with zero attached hydrogens (tertiary/aromatic N) is 4. The summed E-state index contributed by atoms with van der Waals surface area (Å²) in [6, 6.07) is -0.546. The summed E-state index contributed by atoms with van der Waals surface area (Å²) in [7, 11) is 0. The van der Waals surface area contributed by atoms with Crippen LogP contribution in [0.3, 0.4) is 0 Å². The molecular formula is C22H28F3N5O2S. The molecule has 0 bridgehead atoms. The molecular weight excluding hydrogens is 455 g/mol. The van der Waals surface area contributed by atoms with Crippen LogP contribution in [0.1, 0.15) is 49.0 Å². The summed E-state index contributed by atoms with van der Waals surface area (Å²) >= 11 is 3.90. The summed E-state index contributed by atoms with van der Waals surface area (Å²) < 4.78 is 40.8. The first-order valence-corrected chi connectivity index (χ1v) is 11.4. The minimum absolute atomic E-state index is 0.00417. The molecule has 2 N–H and O–H groups in total. The number of thiol groups is 1. The van der Waals surface area contributed by atoms with Crippen LogP contribution in [0.5, 0.6) is 0 Å². The van der Waals surface area contributed by atoms with Gasteiger partial charge in [-0.15, -0.1) is 0 Å². The number of amides is 2. The van der Waals surface area contributed by atoms with E-state index in [2.05, 4.69) is 29.5 Å². The highest BCUT2D eigenvalue weighted by Crippen LogP contribution is 2.34. The van der Waals surface area contributed by atoms with Crippen LogP contribution < -0.4 is 5.73 Å². The molecule has 11 heteroatoms. The largest absolute Gasteiger partial charge is 0.433 e. The van der Waals surface area contributed by atoms with Gasteiger partial charge in [0.05, 0.1) is 12.2 Å². The predicted molar refractivity (Wildman–Crippen MR) is 121 cm³/mol. The van der Waals surface area contributed by atoms with E-state index in [9.17, 15) is 22.8 Å².